The van der Waals surface area contributed by atoms with Gasteiger partial charge in [0.1, 0.15) is 0 Å². The van der Waals surface area contributed by atoms with Gasteiger partial charge in [-0.2, -0.15) is 0 Å². The first-order chi connectivity index (χ1) is 9.26. The van der Waals surface area contributed by atoms with Crippen molar-refractivity contribution in [1.29, 1.82) is 0 Å². The predicted octanol–water partition coefficient (Wildman–Crippen LogP) is 3.44. The molecule has 3 nitrogen and oxygen atoms in total. The smallest absolute Gasteiger partial charge is 0.0645 e. The van der Waals surface area contributed by atoms with Gasteiger partial charge in [-0.25, -0.2) is 0 Å². The summed E-state index contributed by atoms with van der Waals surface area (Å²) in [5.74, 6) is 0. The molecule has 0 aliphatic carbocycles. The molecule has 0 atom stereocenters. The van der Waals surface area contributed by atoms with Gasteiger partial charge in [0.25, 0.3) is 0 Å². The average Bonchev–Trinajstić information content (AvgIpc) is 2.73. The van der Waals surface area contributed by atoms with E-state index in [2.05, 4.69) is 29.1 Å². The first-order valence-electron chi connectivity index (χ1n) is 6.76. The molecule has 1 aromatic heterocycles. The van der Waals surface area contributed by atoms with Crippen molar-refractivity contribution >= 4 is 22.5 Å². The van der Waals surface area contributed by atoms with Crippen LogP contribution >= 0.6 is 11.6 Å². The Hall–Kier alpha value is -1.03. The molecule has 0 aliphatic heterocycles. The number of hydrogen-bond acceptors (Lipinski definition) is 2. The lowest BCUT2D eigenvalue weighted by atomic mass is 10.2. The van der Waals surface area contributed by atoms with Crippen LogP contribution in [0.3, 0.4) is 0 Å². The Bertz CT molecular complexity index is 536. The molecule has 104 valence electrons. The topological polar surface area (TPSA) is 26.2 Å². The van der Waals surface area contributed by atoms with Gasteiger partial charge in [-0.05, 0) is 31.2 Å². The van der Waals surface area contributed by atoms with Crippen LogP contribution in [0.1, 0.15) is 18.9 Å². The monoisotopic (exact) mass is 280 g/mol. The molecule has 0 radical (unpaired) electrons. The fourth-order valence-electron chi connectivity index (χ4n) is 2.27. The van der Waals surface area contributed by atoms with E-state index in [1.54, 1.807) is 0 Å². The van der Waals surface area contributed by atoms with Crippen LogP contribution in [0.2, 0.25) is 5.02 Å². The third-order valence-electron chi connectivity index (χ3n) is 3.12. The second-order valence-electron chi connectivity index (χ2n) is 4.65. The van der Waals surface area contributed by atoms with Crippen molar-refractivity contribution in [3.8, 4) is 0 Å². The van der Waals surface area contributed by atoms with Gasteiger partial charge in [0.2, 0.25) is 0 Å². The highest BCUT2D eigenvalue weighted by molar-refractivity contribution is 6.31. The van der Waals surface area contributed by atoms with Crippen molar-refractivity contribution in [3.05, 3.63) is 35.0 Å². The van der Waals surface area contributed by atoms with E-state index < -0.39 is 0 Å². The van der Waals surface area contributed by atoms with Crippen LogP contribution in [0.5, 0.6) is 0 Å². The molecular formula is C15H21ClN2O. The van der Waals surface area contributed by atoms with Crippen LogP contribution in [0, 0.1) is 0 Å². The minimum atomic E-state index is 0.739. The van der Waals surface area contributed by atoms with Crippen molar-refractivity contribution in [2.24, 2.45) is 0 Å². The fourth-order valence-corrected chi connectivity index (χ4v) is 2.43. The molecule has 0 fully saturated rings. The average molecular weight is 281 g/mol. The first kappa shape index (κ1) is 14.4. The number of nitrogens with zero attached hydrogens (tertiary/aromatic N) is 1. The third kappa shape index (κ3) is 3.50. The SMILES string of the molecule is CCCOCCn1cc(CNC)c2ccc(Cl)cc21. The van der Waals surface area contributed by atoms with E-state index in [1.165, 1.54) is 16.5 Å². The van der Waals surface area contributed by atoms with Crippen LogP contribution in [0.25, 0.3) is 10.9 Å². The van der Waals surface area contributed by atoms with Crippen LogP contribution in [0.15, 0.2) is 24.4 Å². The Morgan fingerprint density at radius 1 is 1.32 bits per heavy atom. The van der Waals surface area contributed by atoms with E-state index in [0.717, 1.165) is 37.7 Å². The van der Waals surface area contributed by atoms with E-state index in [4.69, 9.17) is 16.3 Å². The summed E-state index contributed by atoms with van der Waals surface area (Å²) >= 11 is 6.10. The molecule has 1 N–H and O–H groups in total. The number of ether oxygens (including phenoxy) is 1. The van der Waals surface area contributed by atoms with Gasteiger partial charge in [0, 0.05) is 41.8 Å². The molecule has 1 heterocycles. The number of fused-ring (bicyclic) bond motifs is 1. The van der Waals surface area contributed by atoms with Crippen LogP contribution < -0.4 is 5.32 Å². The van der Waals surface area contributed by atoms with E-state index in [-0.39, 0.29) is 0 Å². The highest BCUT2D eigenvalue weighted by Crippen LogP contribution is 2.24. The molecular weight excluding hydrogens is 260 g/mol. The largest absolute Gasteiger partial charge is 0.380 e. The maximum absolute atomic E-state index is 6.10. The summed E-state index contributed by atoms with van der Waals surface area (Å²) in [6, 6.07) is 6.06. The second kappa shape index (κ2) is 6.94. The van der Waals surface area contributed by atoms with Crippen molar-refractivity contribution < 1.29 is 4.74 Å². The van der Waals surface area contributed by atoms with Gasteiger partial charge >= 0.3 is 0 Å². The number of rotatable bonds is 7. The lowest BCUT2D eigenvalue weighted by Gasteiger charge is -2.06. The van der Waals surface area contributed by atoms with Crippen molar-refractivity contribution in [3.63, 3.8) is 0 Å². The summed E-state index contributed by atoms with van der Waals surface area (Å²) in [5, 5.41) is 5.24. The maximum atomic E-state index is 6.10. The lowest BCUT2D eigenvalue weighted by molar-refractivity contribution is 0.127. The van der Waals surface area contributed by atoms with E-state index in [9.17, 15) is 0 Å². The molecule has 0 unspecified atom stereocenters. The summed E-state index contributed by atoms with van der Waals surface area (Å²) in [6.45, 7) is 5.41. The van der Waals surface area contributed by atoms with E-state index in [1.807, 2.05) is 19.2 Å². The minimum Gasteiger partial charge on any atom is -0.380 e. The summed E-state index contributed by atoms with van der Waals surface area (Å²) < 4.78 is 7.79. The summed E-state index contributed by atoms with van der Waals surface area (Å²) in [6.07, 6.45) is 3.25. The number of aromatic nitrogens is 1. The Labute approximate surface area is 119 Å². The predicted molar refractivity (Wildman–Crippen MR) is 80.8 cm³/mol. The Balaban J connectivity index is 2.23. The number of hydrogen-bond donors (Lipinski definition) is 1. The molecule has 0 bridgehead atoms. The standard InChI is InChI=1S/C15H21ClN2O/c1-3-7-19-8-6-18-11-12(10-17-2)14-5-4-13(16)9-15(14)18/h4-5,9,11,17H,3,6-8,10H2,1-2H3. The van der Waals surface area contributed by atoms with E-state index in [0.29, 0.717) is 0 Å². The second-order valence-corrected chi connectivity index (χ2v) is 5.09. The summed E-state index contributed by atoms with van der Waals surface area (Å²) in [7, 11) is 1.96. The molecule has 2 aromatic rings. The Morgan fingerprint density at radius 2 is 2.16 bits per heavy atom. The zero-order chi connectivity index (χ0) is 13.7. The number of benzene rings is 1. The van der Waals surface area contributed by atoms with Gasteiger partial charge in [0.15, 0.2) is 0 Å². The van der Waals surface area contributed by atoms with Crippen LogP contribution in [-0.4, -0.2) is 24.8 Å². The van der Waals surface area contributed by atoms with Crippen molar-refractivity contribution in [1.82, 2.24) is 9.88 Å². The molecule has 2 rings (SSSR count). The molecule has 19 heavy (non-hydrogen) atoms. The Morgan fingerprint density at radius 3 is 2.89 bits per heavy atom. The van der Waals surface area contributed by atoms with Crippen molar-refractivity contribution in [2.75, 3.05) is 20.3 Å². The quantitative estimate of drug-likeness (QED) is 0.787. The zero-order valence-corrected chi connectivity index (χ0v) is 12.3. The van der Waals surface area contributed by atoms with E-state index >= 15 is 0 Å². The van der Waals surface area contributed by atoms with Crippen LogP contribution in [0.4, 0.5) is 0 Å². The molecule has 0 aliphatic rings. The Kier molecular flexibility index (Phi) is 5.25. The molecule has 0 saturated heterocycles. The van der Waals surface area contributed by atoms with Gasteiger partial charge in [-0.1, -0.05) is 24.6 Å². The van der Waals surface area contributed by atoms with Crippen LogP contribution in [-0.2, 0) is 17.8 Å². The molecule has 0 spiro atoms. The van der Waals surface area contributed by atoms with Crippen molar-refractivity contribution in [2.45, 2.75) is 26.4 Å². The highest BCUT2D eigenvalue weighted by Gasteiger charge is 2.08. The molecule has 0 saturated carbocycles. The summed E-state index contributed by atoms with van der Waals surface area (Å²) in [5.41, 5.74) is 2.47. The number of nitrogens with one attached hydrogen (secondary N) is 1. The summed E-state index contributed by atoms with van der Waals surface area (Å²) in [4.78, 5) is 0. The third-order valence-corrected chi connectivity index (χ3v) is 3.35. The zero-order valence-electron chi connectivity index (χ0n) is 11.6. The molecule has 0 amide bonds. The fraction of sp³-hybridized carbons (Fsp3) is 0.467. The maximum Gasteiger partial charge on any atom is 0.0645 e. The van der Waals surface area contributed by atoms with Gasteiger partial charge in [-0.3, -0.25) is 0 Å². The first-order valence-corrected chi connectivity index (χ1v) is 7.13. The normalized spacial score (nSPS) is 11.3. The lowest BCUT2D eigenvalue weighted by Crippen LogP contribution is -2.06. The molecule has 1 aromatic carbocycles. The van der Waals surface area contributed by atoms with Gasteiger partial charge in [-0.15, -0.1) is 0 Å². The number of halogens is 1. The molecule has 4 heteroatoms. The highest BCUT2D eigenvalue weighted by atomic mass is 35.5. The minimum absolute atomic E-state index is 0.739. The van der Waals surface area contributed by atoms with Gasteiger partial charge in [0.05, 0.1) is 6.61 Å². The van der Waals surface area contributed by atoms with Gasteiger partial charge < -0.3 is 14.6 Å².